The molecule has 0 saturated heterocycles. The van der Waals surface area contributed by atoms with E-state index in [4.69, 9.17) is 4.61 Å². The molecule has 0 saturated carbocycles. The van der Waals surface area contributed by atoms with Crippen LogP contribution in [-0.2, 0) is 0 Å². The summed E-state index contributed by atoms with van der Waals surface area (Å²) in [4.78, 5) is 0. The van der Waals surface area contributed by atoms with Crippen LogP contribution >= 0.6 is 10.8 Å². The minimum Gasteiger partial charge on any atom is -0.129 e. The van der Waals surface area contributed by atoms with Gasteiger partial charge in [0.05, 0.1) is 0 Å². The standard InChI is InChI=1S/F3NS/c1-5(2,3)4. The maximum Gasteiger partial charge on any atom is 0.402 e. The third-order valence-electron chi connectivity index (χ3n) is 0. The van der Waals surface area contributed by atoms with E-state index in [0.29, 0.717) is 0 Å². The van der Waals surface area contributed by atoms with Crippen molar-refractivity contribution in [2.45, 2.75) is 0 Å². The highest BCUT2D eigenvalue weighted by Gasteiger charge is 2.00. The van der Waals surface area contributed by atoms with Gasteiger partial charge in [-0.3, -0.25) is 0 Å². The highest BCUT2D eigenvalue weighted by Crippen LogP contribution is 2.35. The smallest absolute Gasteiger partial charge is 0.129 e. The zero-order chi connectivity index (χ0) is 4.50. The summed E-state index contributed by atoms with van der Waals surface area (Å²) < 4.78 is 36.6. The summed E-state index contributed by atoms with van der Waals surface area (Å²) in [5.74, 6) is 0. The van der Waals surface area contributed by atoms with Crippen molar-refractivity contribution in [3.8, 4) is 0 Å². The lowest BCUT2D eigenvalue weighted by atomic mass is 14.0. The van der Waals surface area contributed by atoms with Gasteiger partial charge in [-0.25, -0.2) is 0 Å². The predicted octanol–water partition coefficient (Wildman–Crippen LogP) is 1.92. The van der Waals surface area contributed by atoms with E-state index >= 15 is 0 Å². The number of nitrogens with zero attached hydrogens (tertiary/aromatic N) is 1. The normalized spacial score (nSPS) is 11.6. The molecule has 0 aromatic rings. The second-order valence-corrected chi connectivity index (χ2v) is 1.15. The second-order valence-electron chi connectivity index (χ2n) is 0.382. The van der Waals surface area contributed by atoms with E-state index in [0.717, 1.165) is 0 Å². The highest BCUT2D eigenvalue weighted by molar-refractivity contribution is 8.07. The van der Waals surface area contributed by atoms with Gasteiger partial charge in [0.1, 0.15) is 0 Å². The van der Waals surface area contributed by atoms with E-state index in [2.05, 4.69) is 0 Å². The molecular weight excluding hydrogens is 103 g/mol. The van der Waals surface area contributed by atoms with Crippen LogP contribution in [0, 0.1) is 4.61 Å². The largest absolute Gasteiger partial charge is 0.402 e. The molecule has 5 heteroatoms. The first-order valence-electron chi connectivity index (χ1n) is 0.645. The van der Waals surface area contributed by atoms with E-state index in [1.807, 2.05) is 0 Å². The number of rotatable bonds is 0. The number of hydrogen-bond donors (Lipinski definition) is 0. The molecule has 0 spiro atoms. The molecule has 0 fully saturated rings. The van der Waals surface area contributed by atoms with E-state index < -0.39 is 10.8 Å². The van der Waals surface area contributed by atoms with Crippen LogP contribution in [0.3, 0.4) is 0 Å². The minimum absolute atomic E-state index is 5.67. The van der Waals surface area contributed by atoms with Gasteiger partial charge in [0.25, 0.3) is 0 Å². The van der Waals surface area contributed by atoms with Crippen molar-refractivity contribution >= 4 is 10.8 Å². The summed E-state index contributed by atoms with van der Waals surface area (Å²) in [5, 5.41) is 0. The third-order valence-corrected chi connectivity index (χ3v) is 0. The summed E-state index contributed by atoms with van der Waals surface area (Å²) in [7, 11) is -5.67. The summed E-state index contributed by atoms with van der Waals surface area (Å²) >= 11 is 0. The van der Waals surface area contributed by atoms with Crippen LogP contribution in [0.1, 0.15) is 0 Å². The van der Waals surface area contributed by atoms with Crippen molar-refractivity contribution in [3.63, 3.8) is 0 Å². The molecule has 0 heterocycles. The van der Waals surface area contributed by atoms with Crippen LogP contribution in [0.4, 0.5) is 11.7 Å². The SMILES string of the molecule is N#S(F)(F)F. The van der Waals surface area contributed by atoms with Crippen LogP contribution in [0.25, 0.3) is 0 Å². The minimum atomic E-state index is -5.67. The van der Waals surface area contributed by atoms with Crippen molar-refractivity contribution in [1.82, 2.24) is 0 Å². The maximum atomic E-state index is 9.99. The number of halogens is 3. The Morgan fingerprint density at radius 3 is 1.20 bits per heavy atom. The quantitative estimate of drug-likeness (QED) is 0.459. The van der Waals surface area contributed by atoms with E-state index in [1.54, 1.807) is 0 Å². The van der Waals surface area contributed by atoms with Gasteiger partial charge in [-0.05, 0) is 0 Å². The average molecular weight is 103 g/mol. The average Bonchev–Trinajstić information content (AvgIpc) is 0.722. The van der Waals surface area contributed by atoms with Crippen molar-refractivity contribution in [3.05, 3.63) is 0 Å². The number of hydrogen-bond acceptors (Lipinski definition) is 1. The molecule has 0 amide bonds. The second kappa shape index (κ2) is 0.914. The van der Waals surface area contributed by atoms with Crippen LogP contribution < -0.4 is 0 Å². The highest BCUT2D eigenvalue weighted by atomic mass is 32.3. The van der Waals surface area contributed by atoms with Crippen LogP contribution in [0.2, 0.25) is 0 Å². The topological polar surface area (TPSA) is 23.8 Å². The van der Waals surface area contributed by atoms with Gasteiger partial charge in [0.2, 0.25) is 0 Å². The lowest BCUT2D eigenvalue weighted by molar-refractivity contribution is 0.657. The Kier molecular flexibility index (Phi) is 0.886. The Balaban J connectivity index is 3.66. The van der Waals surface area contributed by atoms with Crippen LogP contribution in [-0.4, -0.2) is 0 Å². The van der Waals surface area contributed by atoms with E-state index in [9.17, 15) is 11.7 Å². The lowest BCUT2D eigenvalue weighted by Gasteiger charge is -1.69. The van der Waals surface area contributed by atoms with Gasteiger partial charge >= 0.3 is 10.8 Å². The molecular formula is F3NS. The van der Waals surface area contributed by atoms with Crippen molar-refractivity contribution < 1.29 is 11.7 Å². The lowest BCUT2D eigenvalue weighted by Crippen LogP contribution is -1.32. The molecule has 0 bridgehead atoms. The molecule has 0 N–H and O–H groups in total. The fraction of sp³-hybridized carbons (Fsp3) is 0. The molecule has 0 unspecified atom stereocenters. The fourth-order valence-electron chi connectivity index (χ4n) is 0. The van der Waals surface area contributed by atoms with E-state index in [-0.39, 0.29) is 0 Å². The van der Waals surface area contributed by atoms with Gasteiger partial charge in [0.15, 0.2) is 0 Å². The molecule has 0 atom stereocenters. The molecule has 32 valence electrons. The molecule has 0 aromatic carbocycles. The Labute approximate surface area is 28.2 Å². The van der Waals surface area contributed by atoms with Crippen molar-refractivity contribution in [1.29, 1.82) is 4.61 Å². The summed E-state index contributed by atoms with van der Waals surface area (Å²) in [6, 6.07) is 0. The van der Waals surface area contributed by atoms with Crippen LogP contribution in [0.5, 0.6) is 0 Å². The first kappa shape index (κ1) is 4.85. The summed E-state index contributed by atoms with van der Waals surface area (Å²) in [6.07, 6.45) is 0. The zero-order valence-electron chi connectivity index (χ0n) is 1.99. The van der Waals surface area contributed by atoms with Gasteiger partial charge in [0, 0.05) is 0 Å². The maximum absolute atomic E-state index is 9.99. The van der Waals surface area contributed by atoms with Crippen molar-refractivity contribution in [2.75, 3.05) is 0 Å². The first-order chi connectivity index (χ1) is 2.00. The summed E-state index contributed by atoms with van der Waals surface area (Å²) in [6.45, 7) is 0. The molecule has 0 aliphatic carbocycles. The van der Waals surface area contributed by atoms with Crippen molar-refractivity contribution in [2.24, 2.45) is 0 Å². The Hall–Kier alpha value is -0.150. The molecule has 5 heavy (non-hydrogen) atoms. The van der Waals surface area contributed by atoms with Crippen LogP contribution in [0.15, 0.2) is 0 Å². The molecule has 0 radical (unpaired) electrons. The molecule has 0 aliphatic heterocycles. The molecule has 0 aromatic heterocycles. The Bertz CT molecular complexity index is 86.0. The predicted molar refractivity (Wildman–Crippen MR) is 12.6 cm³/mol. The molecule has 0 rings (SSSR count). The molecule has 1 nitrogen and oxygen atoms in total. The monoisotopic (exact) mass is 103 g/mol. The Morgan fingerprint density at radius 2 is 1.20 bits per heavy atom. The Morgan fingerprint density at radius 1 is 1.20 bits per heavy atom. The zero-order valence-corrected chi connectivity index (χ0v) is 2.81. The third kappa shape index (κ3) is 586. The summed E-state index contributed by atoms with van der Waals surface area (Å²) in [5.41, 5.74) is 0. The first-order valence-corrected chi connectivity index (χ1v) is 1.94. The van der Waals surface area contributed by atoms with Gasteiger partial charge in [-0.15, -0.1) is 4.61 Å². The van der Waals surface area contributed by atoms with Gasteiger partial charge in [-0.1, -0.05) is 11.7 Å². The van der Waals surface area contributed by atoms with Gasteiger partial charge < -0.3 is 0 Å². The van der Waals surface area contributed by atoms with Gasteiger partial charge in [-0.2, -0.15) is 0 Å². The molecule has 0 aliphatic rings. The van der Waals surface area contributed by atoms with E-state index in [1.165, 1.54) is 0 Å². The fourth-order valence-corrected chi connectivity index (χ4v) is 0.